The largest absolute Gasteiger partial charge is 0.382 e. The SMILES string of the molecule is CCOCCC(NN)c1sccc1Cl. The number of hydrogen-bond donors (Lipinski definition) is 2. The van der Waals surface area contributed by atoms with Gasteiger partial charge in [-0.25, -0.2) is 0 Å². The van der Waals surface area contributed by atoms with E-state index in [2.05, 4.69) is 5.43 Å². The Morgan fingerprint density at radius 2 is 2.50 bits per heavy atom. The topological polar surface area (TPSA) is 47.3 Å². The molecule has 1 atom stereocenters. The van der Waals surface area contributed by atoms with Crippen molar-refractivity contribution in [2.75, 3.05) is 13.2 Å². The van der Waals surface area contributed by atoms with Crippen molar-refractivity contribution in [1.29, 1.82) is 0 Å². The van der Waals surface area contributed by atoms with Crippen molar-refractivity contribution in [1.82, 2.24) is 5.43 Å². The second kappa shape index (κ2) is 6.37. The molecular formula is C9H15ClN2OS. The van der Waals surface area contributed by atoms with E-state index in [0.29, 0.717) is 6.61 Å². The van der Waals surface area contributed by atoms with E-state index in [-0.39, 0.29) is 6.04 Å². The molecule has 1 aromatic rings. The van der Waals surface area contributed by atoms with E-state index in [4.69, 9.17) is 22.2 Å². The molecule has 0 amide bonds. The molecule has 0 aliphatic heterocycles. The quantitative estimate of drug-likeness (QED) is 0.451. The Kier molecular flexibility index (Phi) is 5.44. The van der Waals surface area contributed by atoms with Gasteiger partial charge in [-0.05, 0) is 24.8 Å². The minimum Gasteiger partial charge on any atom is -0.382 e. The summed E-state index contributed by atoms with van der Waals surface area (Å²) in [6.07, 6.45) is 0.838. The second-order valence-corrected chi connectivity index (χ2v) is 4.19. The molecule has 80 valence electrons. The van der Waals surface area contributed by atoms with Crippen molar-refractivity contribution in [3.05, 3.63) is 21.3 Å². The van der Waals surface area contributed by atoms with Gasteiger partial charge in [0.25, 0.3) is 0 Å². The highest BCUT2D eigenvalue weighted by molar-refractivity contribution is 7.10. The molecule has 1 aromatic heterocycles. The number of ether oxygens (including phenoxy) is 1. The first-order valence-electron chi connectivity index (χ1n) is 4.56. The van der Waals surface area contributed by atoms with E-state index in [1.165, 1.54) is 0 Å². The first kappa shape index (κ1) is 11.9. The van der Waals surface area contributed by atoms with Crippen LogP contribution < -0.4 is 11.3 Å². The zero-order chi connectivity index (χ0) is 10.4. The van der Waals surface area contributed by atoms with Crippen molar-refractivity contribution < 1.29 is 4.74 Å². The van der Waals surface area contributed by atoms with Crippen LogP contribution in [0.1, 0.15) is 24.3 Å². The lowest BCUT2D eigenvalue weighted by Crippen LogP contribution is -2.28. The number of rotatable bonds is 6. The number of halogens is 1. The third kappa shape index (κ3) is 3.22. The highest BCUT2D eigenvalue weighted by atomic mass is 35.5. The fraction of sp³-hybridized carbons (Fsp3) is 0.556. The lowest BCUT2D eigenvalue weighted by atomic mass is 10.2. The summed E-state index contributed by atoms with van der Waals surface area (Å²) in [5, 5.41) is 2.73. The van der Waals surface area contributed by atoms with Crippen molar-refractivity contribution in [3.8, 4) is 0 Å². The Morgan fingerprint density at radius 1 is 1.71 bits per heavy atom. The van der Waals surface area contributed by atoms with Crippen LogP contribution in [0.2, 0.25) is 5.02 Å². The molecule has 5 heteroatoms. The van der Waals surface area contributed by atoms with Gasteiger partial charge in [-0.2, -0.15) is 0 Å². The summed E-state index contributed by atoms with van der Waals surface area (Å²) < 4.78 is 5.27. The molecule has 3 nitrogen and oxygen atoms in total. The molecule has 3 N–H and O–H groups in total. The average molecular weight is 235 g/mol. The van der Waals surface area contributed by atoms with Gasteiger partial charge in [0.1, 0.15) is 0 Å². The van der Waals surface area contributed by atoms with Crippen molar-refractivity contribution in [2.24, 2.45) is 5.84 Å². The number of nitrogens with two attached hydrogens (primary N) is 1. The second-order valence-electron chi connectivity index (χ2n) is 2.84. The maximum absolute atomic E-state index is 6.00. The lowest BCUT2D eigenvalue weighted by molar-refractivity contribution is 0.136. The van der Waals surface area contributed by atoms with Crippen LogP contribution in [-0.2, 0) is 4.74 Å². The minimum absolute atomic E-state index is 0.0917. The molecule has 0 fully saturated rings. The van der Waals surface area contributed by atoms with Gasteiger partial charge in [0.15, 0.2) is 0 Å². The molecule has 0 saturated heterocycles. The summed E-state index contributed by atoms with van der Waals surface area (Å²) >= 11 is 7.61. The van der Waals surface area contributed by atoms with E-state index >= 15 is 0 Å². The number of nitrogens with one attached hydrogen (secondary N) is 1. The monoisotopic (exact) mass is 234 g/mol. The maximum atomic E-state index is 6.00. The zero-order valence-electron chi connectivity index (χ0n) is 8.13. The molecule has 0 spiro atoms. The van der Waals surface area contributed by atoms with Crippen LogP contribution >= 0.6 is 22.9 Å². The molecule has 0 aromatic carbocycles. The molecule has 1 unspecified atom stereocenters. The molecule has 1 rings (SSSR count). The Hall–Kier alpha value is -0.130. The summed E-state index contributed by atoms with van der Waals surface area (Å²) in [6.45, 7) is 3.40. The lowest BCUT2D eigenvalue weighted by Gasteiger charge is -2.14. The molecule has 0 radical (unpaired) electrons. The van der Waals surface area contributed by atoms with E-state index in [9.17, 15) is 0 Å². The van der Waals surface area contributed by atoms with Crippen LogP contribution in [0.4, 0.5) is 0 Å². The van der Waals surface area contributed by atoms with Gasteiger partial charge in [-0.3, -0.25) is 11.3 Å². The number of hydrogen-bond acceptors (Lipinski definition) is 4. The van der Waals surface area contributed by atoms with Crippen molar-refractivity contribution >= 4 is 22.9 Å². The van der Waals surface area contributed by atoms with Gasteiger partial charge >= 0.3 is 0 Å². The first-order valence-corrected chi connectivity index (χ1v) is 5.82. The summed E-state index contributed by atoms with van der Waals surface area (Å²) in [5.41, 5.74) is 2.75. The van der Waals surface area contributed by atoms with Gasteiger partial charge in [0, 0.05) is 18.1 Å². The Morgan fingerprint density at radius 3 is 3.00 bits per heavy atom. The third-order valence-electron chi connectivity index (χ3n) is 1.92. The Labute approximate surface area is 93.2 Å². The molecule has 1 heterocycles. The van der Waals surface area contributed by atoms with Crippen LogP contribution in [0, 0.1) is 0 Å². The zero-order valence-corrected chi connectivity index (χ0v) is 9.70. The van der Waals surface area contributed by atoms with Crippen LogP contribution in [0.3, 0.4) is 0 Å². The Bertz CT molecular complexity index is 267. The maximum Gasteiger partial charge on any atom is 0.0590 e. The molecule has 14 heavy (non-hydrogen) atoms. The van der Waals surface area contributed by atoms with Gasteiger partial charge in [0.2, 0.25) is 0 Å². The van der Waals surface area contributed by atoms with Crippen molar-refractivity contribution in [3.63, 3.8) is 0 Å². The fourth-order valence-electron chi connectivity index (χ4n) is 1.19. The Balaban J connectivity index is 2.50. The van der Waals surface area contributed by atoms with Gasteiger partial charge in [-0.1, -0.05) is 11.6 Å². The normalized spacial score (nSPS) is 13.1. The predicted molar refractivity (Wildman–Crippen MR) is 60.5 cm³/mol. The van der Waals surface area contributed by atoms with Gasteiger partial charge in [-0.15, -0.1) is 11.3 Å². The van der Waals surface area contributed by atoms with Crippen LogP contribution in [-0.4, -0.2) is 13.2 Å². The average Bonchev–Trinajstić information content (AvgIpc) is 2.60. The molecule has 0 aliphatic carbocycles. The third-order valence-corrected chi connectivity index (χ3v) is 3.39. The number of hydrazine groups is 1. The van der Waals surface area contributed by atoms with Gasteiger partial charge in [0.05, 0.1) is 11.1 Å². The molecule has 0 aliphatic rings. The summed E-state index contributed by atoms with van der Waals surface area (Å²) in [5.74, 6) is 5.46. The van der Waals surface area contributed by atoms with Gasteiger partial charge < -0.3 is 4.74 Å². The fourth-order valence-corrected chi connectivity index (χ4v) is 2.47. The van der Waals surface area contributed by atoms with E-state index in [1.807, 2.05) is 18.4 Å². The molecular weight excluding hydrogens is 220 g/mol. The summed E-state index contributed by atoms with van der Waals surface area (Å²) in [6, 6.07) is 1.97. The van der Waals surface area contributed by atoms with E-state index in [1.54, 1.807) is 11.3 Å². The first-order chi connectivity index (χ1) is 6.79. The predicted octanol–water partition coefficient (Wildman–Crippen LogP) is 2.33. The van der Waals surface area contributed by atoms with Crippen LogP contribution in [0.25, 0.3) is 0 Å². The smallest absolute Gasteiger partial charge is 0.0590 e. The standard InChI is InChI=1S/C9H15ClN2OS/c1-2-13-5-3-8(12-11)9-7(10)4-6-14-9/h4,6,8,12H,2-3,5,11H2,1H3. The number of thiophene rings is 1. The minimum atomic E-state index is 0.0917. The van der Waals surface area contributed by atoms with Crippen LogP contribution in [0.5, 0.6) is 0 Å². The molecule has 0 bridgehead atoms. The van der Waals surface area contributed by atoms with E-state index in [0.717, 1.165) is 22.9 Å². The summed E-state index contributed by atoms with van der Waals surface area (Å²) in [7, 11) is 0. The molecule has 0 saturated carbocycles. The highest BCUT2D eigenvalue weighted by Crippen LogP contribution is 2.29. The van der Waals surface area contributed by atoms with Crippen molar-refractivity contribution in [2.45, 2.75) is 19.4 Å². The summed E-state index contributed by atoms with van der Waals surface area (Å²) in [4.78, 5) is 1.08. The van der Waals surface area contributed by atoms with Crippen LogP contribution in [0.15, 0.2) is 11.4 Å². The highest BCUT2D eigenvalue weighted by Gasteiger charge is 2.14. The van der Waals surface area contributed by atoms with E-state index < -0.39 is 0 Å².